The molecule has 0 aliphatic heterocycles. The Kier molecular flexibility index (Phi) is 16.4. The predicted octanol–water partition coefficient (Wildman–Crippen LogP) is 5.68. The molecule has 20 heavy (non-hydrogen) atoms. The van der Waals surface area contributed by atoms with Crippen molar-refractivity contribution in [3.05, 3.63) is 0 Å². The third kappa shape index (κ3) is 15.7. The molecule has 0 heterocycles. The van der Waals surface area contributed by atoms with E-state index in [1.165, 1.54) is 70.6 Å². The van der Waals surface area contributed by atoms with Gasteiger partial charge >= 0.3 is 0 Å². The van der Waals surface area contributed by atoms with E-state index in [-0.39, 0.29) is 5.78 Å². The number of carbonyl (C=O) groups excluding carboxylic acids is 1. The molecule has 0 unspecified atom stereocenters. The Bertz CT molecular complexity index is 202. The Labute approximate surface area is 126 Å². The van der Waals surface area contributed by atoms with Crippen LogP contribution in [0.2, 0.25) is 0 Å². The molecule has 0 N–H and O–H groups in total. The zero-order valence-corrected chi connectivity index (χ0v) is 13.9. The minimum Gasteiger partial charge on any atom is -0.374 e. The highest BCUT2D eigenvalue weighted by molar-refractivity contribution is 5.79. The van der Waals surface area contributed by atoms with Gasteiger partial charge in [0, 0.05) is 13.0 Å². The minimum atomic E-state index is 0.263. The van der Waals surface area contributed by atoms with Crippen LogP contribution in [-0.2, 0) is 9.53 Å². The molecule has 0 aliphatic rings. The van der Waals surface area contributed by atoms with E-state index in [9.17, 15) is 4.79 Å². The van der Waals surface area contributed by atoms with Gasteiger partial charge in [-0.15, -0.1) is 0 Å². The lowest BCUT2D eigenvalue weighted by Gasteiger charge is -2.03. The largest absolute Gasteiger partial charge is 0.374 e. The SMILES string of the molecule is CCCCCCCCCCCCCCC(=O)COCC. The zero-order chi connectivity index (χ0) is 14.9. The maximum Gasteiger partial charge on any atom is 0.158 e. The van der Waals surface area contributed by atoms with Crippen molar-refractivity contribution < 1.29 is 9.53 Å². The molecule has 120 valence electrons. The Morgan fingerprint density at radius 3 is 1.60 bits per heavy atom. The van der Waals surface area contributed by atoms with Crippen LogP contribution in [0.15, 0.2) is 0 Å². The van der Waals surface area contributed by atoms with Crippen molar-refractivity contribution in [2.24, 2.45) is 0 Å². The number of unbranched alkanes of at least 4 members (excludes halogenated alkanes) is 11. The molecule has 0 saturated heterocycles. The number of rotatable bonds is 16. The van der Waals surface area contributed by atoms with Gasteiger partial charge in [0.1, 0.15) is 6.61 Å². The first-order valence-corrected chi connectivity index (χ1v) is 8.90. The number of carbonyl (C=O) groups is 1. The maximum atomic E-state index is 11.4. The summed E-state index contributed by atoms with van der Waals surface area (Å²) in [6, 6.07) is 0. The van der Waals surface area contributed by atoms with Crippen LogP contribution in [0.5, 0.6) is 0 Å². The van der Waals surface area contributed by atoms with Crippen LogP contribution in [0, 0.1) is 0 Å². The number of ether oxygens (including phenoxy) is 1. The average Bonchev–Trinajstić information content (AvgIpc) is 2.46. The average molecular weight is 284 g/mol. The molecule has 0 aromatic rings. The quantitative estimate of drug-likeness (QED) is 0.341. The van der Waals surface area contributed by atoms with E-state index in [1.54, 1.807) is 0 Å². The number of ketones is 1. The van der Waals surface area contributed by atoms with E-state index in [2.05, 4.69) is 6.92 Å². The van der Waals surface area contributed by atoms with E-state index >= 15 is 0 Å². The minimum absolute atomic E-state index is 0.263. The highest BCUT2D eigenvalue weighted by atomic mass is 16.5. The Morgan fingerprint density at radius 1 is 0.700 bits per heavy atom. The van der Waals surface area contributed by atoms with Crippen molar-refractivity contribution in [2.45, 2.75) is 97.3 Å². The summed E-state index contributed by atoms with van der Waals surface area (Å²) in [4.78, 5) is 11.4. The van der Waals surface area contributed by atoms with E-state index in [1.807, 2.05) is 6.92 Å². The second-order valence-corrected chi connectivity index (χ2v) is 5.81. The van der Waals surface area contributed by atoms with Crippen LogP contribution in [0.25, 0.3) is 0 Å². The molecule has 0 radical (unpaired) electrons. The van der Waals surface area contributed by atoms with Crippen LogP contribution in [0.1, 0.15) is 97.3 Å². The second-order valence-electron chi connectivity index (χ2n) is 5.81. The Hall–Kier alpha value is -0.370. The number of hydrogen-bond acceptors (Lipinski definition) is 2. The van der Waals surface area contributed by atoms with Crippen LogP contribution >= 0.6 is 0 Å². The highest BCUT2D eigenvalue weighted by Gasteiger charge is 2.00. The summed E-state index contributed by atoms with van der Waals surface area (Å²) in [6.45, 7) is 5.15. The Morgan fingerprint density at radius 2 is 1.15 bits per heavy atom. The van der Waals surface area contributed by atoms with Gasteiger partial charge in [-0.3, -0.25) is 4.79 Å². The summed E-state index contributed by atoms with van der Waals surface area (Å²) in [6.07, 6.45) is 16.8. The first kappa shape index (κ1) is 19.6. The van der Waals surface area contributed by atoms with Crippen LogP contribution in [0.4, 0.5) is 0 Å². The molecule has 0 spiro atoms. The summed E-state index contributed by atoms with van der Waals surface area (Å²) in [5, 5.41) is 0. The number of Topliss-reactive ketones (excluding diaryl/α,β-unsaturated/α-hetero) is 1. The standard InChI is InChI=1S/C18H36O2/c1-3-5-6-7-8-9-10-11-12-13-14-15-16-18(19)17-20-4-2/h3-17H2,1-2H3. The predicted molar refractivity (Wildman–Crippen MR) is 87.2 cm³/mol. The van der Waals surface area contributed by atoms with E-state index in [0.29, 0.717) is 19.6 Å². The van der Waals surface area contributed by atoms with Crippen molar-refractivity contribution in [3.8, 4) is 0 Å². The van der Waals surface area contributed by atoms with Crippen LogP contribution in [0.3, 0.4) is 0 Å². The topological polar surface area (TPSA) is 26.3 Å². The fraction of sp³-hybridized carbons (Fsp3) is 0.944. The summed E-state index contributed by atoms with van der Waals surface area (Å²) in [5.41, 5.74) is 0. The Balaban J connectivity index is 3.04. The van der Waals surface area contributed by atoms with E-state index in [4.69, 9.17) is 4.74 Å². The summed E-state index contributed by atoms with van der Waals surface area (Å²) in [7, 11) is 0. The summed E-state index contributed by atoms with van der Waals surface area (Å²) >= 11 is 0. The third-order valence-corrected chi connectivity index (χ3v) is 3.78. The van der Waals surface area contributed by atoms with Gasteiger partial charge in [-0.2, -0.15) is 0 Å². The van der Waals surface area contributed by atoms with Crippen molar-refractivity contribution in [1.29, 1.82) is 0 Å². The molecule has 0 aromatic carbocycles. The lowest BCUT2D eigenvalue weighted by atomic mass is 10.0. The zero-order valence-electron chi connectivity index (χ0n) is 13.9. The fourth-order valence-electron chi connectivity index (χ4n) is 2.45. The molecule has 0 amide bonds. The molecule has 0 aliphatic carbocycles. The lowest BCUT2D eigenvalue weighted by Crippen LogP contribution is -2.07. The van der Waals surface area contributed by atoms with Crippen LogP contribution < -0.4 is 0 Å². The van der Waals surface area contributed by atoms with Gasteiger partial charge in [0.15, 0.2) is 5.78 Å². The first-order valence-electron chi connectivity index (χ1n) is 8.90. The van der Waals surface area contributed by atoms with E-state index in [0.717, 1.165) is 6.42 Å². The lowest BCUT2D eigenvalue weighted by molar-refractivity contribution is -0.123. The van der Waals surface area contributed by atoms with Gasteiger partial charge in [-0.05, 0) is 13.3 Å². The smallest absolute Gasteiger partial charge is 0.158 e. The maximum absolute atomic E-state index is 11.4. The molecule has 0 aromatic heterocycles. The van der Waals surface area contributed by atoms with Gasteiger partial charge in [0.25, 0.3) is 0 Å². The molecule has 0 fully saturated rings. The molecule has 0 rings (SSSR count). The van der Waals surface area contributed by atoms with Gasteiger partial charge in [-0.1, -0.05) is 77.6 Å². The molecular formula is C18H36O2. The van der Waals surface area contributed by atoms with Crippen molar-refractivity contribution in [3.63, 3.8) is 0 Å². The van der Waals surface area contributed by atoms with Crippen LogP contribution in [-0.4, -0.2) is 19.0 Å². The summed E-state index contributed by atoms with van der Waals surface area (Å²) in [5.74, 6) is 0.263. The summed E-state index contributed by atoms with van der Waals surface area (Å²) < 4.78 is 5.10. The van der Waals surface area contributed by atoms with Crippen molar-refractivity contribution in [1.82, 2.24) is 0 Å². The van der Waals surface area contributed by atoms with Crippen molar-refractivity contribution in [2.75, 3.05) is 13.2 Å². The van der Waals surface area contributed by atoms with E-state index < -0.39 is 0 Å². The highest BCUT2D eigenvalue weighted by Crippen LogP contribution is 2.12. The molecule has 2 heteroatoms. The van der Waals surface area contributed by atoms with Crippen molar-refractivity contribution >= 4 is 5.78 Å². The van der Waals surface area contributed by atoms with Gasteiger partial charge in [0.2, 0.25) is 0 Å². The molecule has 0 bridgehead atoms. The van der Waals surface area contributed by atoms with Gasteiger partial charge in [-0.25, -0.2) is 0 Å². The fourth-order valence-corrected chi connectivity index (χ4v) is 2.45. The van der Waals surface area contributed by atoms with Gasteiger partial charge in [0.05, 0.1) is 0 Å². The molecular weight excluding hydrogens is 248 g/mol. The third-order valence-electron chi connectivity index (χ3n) is 3.78. The normalized spacial score (nSPS) is 10.9. The molecule has 0 saturated carbocycles. The number of hydrogen-bond donors (Lipinski definition) is 0. The molecule has 2 nitrogen and oxygen atoms in total. The first-order chi connectivity index (χ1) is 9.81. The van der Waals surface area contributed by atoms with Gasteiger partial charge < -0.3 is 4.74 Å². The monoisotopic (exact) mass is 284 g/mol. The second kappa shape index (κ2) is 16.7. The molecule has 0 atom stereocenters.